The zero-order valence-corrected chi connectivity index (χ0v) is 11.8. The van der Waals surface area contributed by atoms with Crippen molar-refractivity contribution in [3.8, 4) is 0 Å². The third-order valence-corrected chi connectivity index (χ3v) is 3.30. The molecule has 0 saturated heterocycles. The number of rotatable bonds is 6. The fourth-order valence-corrected chi connectivity index (χ4v) is 2.26. The van der Waals surface area contributed by atoms with Crippen molar-refractivity contribution in [2.24, 2.45) is 5.92 Å². The van der Waals surface area contributed by atoms with Crippen LogP contribution in [0, 0.1) is 17.6 Å². The molecule has 1 aromatic carbocycles. The number of halogens is 3. The van der Waals surface area contributed by atoms with Crippen molar-refractivity contribution in [2.75, 3.05) is 11.9 Å². The lowest BCUT2D eigenvalue weighted by atomic mass is 10.0. The van der Waals surface area contributed by atoms with Crippen LogP contribution in [0.25, 0.3) is 0 Å². The summed E-state index contributed by atoms with van der Waals surface area (Å²) < 4.78 is 26.3. The van der Waals surface area contributed by atoms with Gasteiger partial charge in [-0.05, 0) is 24.5 Å². The molecule has 1 N–H and O–H groups in total. The molecule has 0 aromatic heterocycles. The monoisotopic (exact) mass is 319 g/mol. The summed E-state index contributed by atoms with van der Waals surface area (Å²) in [4.78, 5) is 11.7. The van der Waals surface area contributed by atoms with Gasteiger partial charge in [0.2, 0.25) is 0 Å². The van der Waals surface area contributed by atoms with Crippen LogP contribution in [0.4, 0.5) is 8.78 Å². The smallest absolute Gasteiger partial charge is 0.254 e. The van der Waals surface area contributed by atoms with Gasteiger partial charge in [-0.15, -0.1) is 0 Å². The van der Waals surface area contributed by atoms with Crippen LogP contribution in [0.5, 0.6) is 0 Å². The van der Waals surface area contributed by atoms with Gasteiger partial charge in [0.25, 0.3) is 5.91 Å². The second-order valence-electron chi connectivity index (χ2n) is 4.06. The van der Waals surface area contributed by atoms with Crippen LogP contribution in [0.3, 0.4) is 0 Å². The number of amides is 1. The fraction of sp³-hybridized carbons (Fsp3) is 0.462. The molecular weight excluding hydrogens is 304 g/mol. The van der Waals surface area contributed by atoms with Gasteiger partial charge in [0, 0.05) is 11.9 Å². The summed E-state index contributed by atoms with van der Waals surface area (Å²) in [6, 6.07) is 3.59. The number of carbonyl (C=O) groups excluding carboxylic acids is 1. The third kappa shape index (κ3) is 4.05. The number of alkyl halides is 1. The molecule has 0 bridgehead atoms. The number of carbonyl (C=O) groups is 1. The molecule has 0 heterocycles. The minimum atomic E-state index is -1.09. The van der Waals surface area contributed by atoms with E-state index >= 15 is 0 Å². The van der Waals surface area contributed by atoms with Crippen LogP contribution in [-0.2, 0) is 0 Å². The van der Waals surface area contributed by atoms with Crippen LogP contribution in [0.1, 0.15) is 30.1 Å². The van der Waals surface area contributed by atoms with Gasteiger partial charge in [-0.3, -0.25) is 4.79 Å². The van der Waals surface area contributed by atoms with Crippen LogP contribution in [0.2, 0.25) is 0 Å². The Morgan fingerprint density at radius 1 is 1.44 bits per heavy atom. The van der Waals surface area contributed by atoms with Gasteiger partial charge in [-0.1, -0.05) is 35.3 Å². The molecule has 1 rings (SSSR count). The van der Waals surface area contributed by atoms with Crippen molar-refractivity contribution in [2.45, 2.75) is 19.8 Å². The maximum absolute atomic E-state index is 13.4. The molecule has 18 heavy (non-hydrogen) atoms. The van der Waals surface area contributed by atoms with E-state index in [0.29, 0.717) is 12.5 Å². The quantitative estimate of drug-likeness (QED) is 0.799. The first-order chi connectivity index (χ1) is 8.60. The SMILES string of the molecule is CCC(CCBr)CNC(=O)c1cccc(F)c1F. The van der Waals surface area contributed by atoms with Gasteiger partial charge in [0.15, 0.2) is 11.6 Å². The molecule has 0 aliphatic rings. The molecule has 1 atom stereocenters. The Bertz CT molecular complexity index is 412. The molecule has 0 aliphatic carbocycles. The van der Waals surface area contributed by atoms with Gasteiger partial charge in [-0.25, -0.2) is 8.78 Å². The molecule has 100 valence electrons. The molecule has 1 aromatic rings. The first kappa shape index (κ1) is 15.1. The Hall–Kier alpha value is -0.970. The molecular formula is C13H16BrF2NO. The lowest BCUT2D eigenvalue weighted by Crippen LogP contribution is -2.30. The second kappa shape index (κ2) is 7.46. The van der Waals surface area contributed by atoms with Gasteiger partial charge in [0.05, 0.1) is 5.56 Å². The number of hydrogen-bond acceptors (Lipinski definition) is 1. The van der Waals surface area contributed by atoms with E-state index in [2.05, 4.69) is 21.2 Å². The summed E-state index contributed by atoms with van der Waals surface area (Å²) in [6.07, 6.45) is 1.86. The summed E-state index contributed by atoms with van der Waals surface area (Å²) in [5.74, 6) is -2.33. The molecule has 0 radical (unpaired) electrons. The Kier molecular flexibility index (Phi) is 6.25. The van der Waals surface area contributed by atoms with Gasteiger partial charge >= 0.3 is 0 Å². The predicted molar refractivity (Wildman–Crippen MR) is 70.9 cm³/mol. The lowest BCUT2D eigenvalue weighted by Gasteiger charge is -2.14. The highest BCUT2D eigenvalue weighted by molar-refractivity contribution is 9.09. The minimum Gasteiger partial charge on any atom is -0.352 e. The molecule has 0 fully saturated rings. The van der Waals surface area contributed by atoms with E-state index in [4.69, 9.17) is 0 Å². The summed E-state index contributed by atoms with van der Waals surface area (Å²) in [6.45, 7) is 2.50. The third-order valence-electron chi connectivity index (χ3n) is 2.84. The van der Waals surface area contributed by atoms with E-state index in [1.807, 2.05) is 6.92 Å². The largest absolute Gasteiger partial charge is 0.352 e. The normalized spacial score (nSPS) is 12.2. The highest BCUT2D eigenvalue weighted by Gasteiger charge is 2.15. The van der Waals surface area contributed by atoms with Gasteiger partial charge in [-0.2, -0.15) is 0 Å². The van der Waals surface area contributed by atoms with Gasteiger partial charge in [0.1, 0.15) is 0 Å². The van der Waals surface area contributed by atoms with Crippen molar-refractivity contribution in [1.82, 2.24) is 5.32 Å². The van der Waals surface area contributed by atoms with E-state index in [-0.39, 0.29) is 5.56 Å². The number of hydrogen-bond donors (Lipinski definition) is 1. The van der Waals surface area contributed by atoms with Crippen molar-refractivity contribution < 1.29 is 13.6 Å². The summed E-state index contributed by atoms with van der Waals surface area (Å²) in [5, 5.41) is 3.49. The Balaban J connectivity index is 2.62. The first-order valence-corrected chi connectivity index (χ1v) is 7.00. The van der Waals surface area contributed by atoms with Crippen molar-refractivity contribution >= 4 is 21.8 Å². The molecule has 1 unspecified atom stereocenters. The molecule has 2 nitrogen and oxygen atoms in total. The van der Waals surface area contributed by atoms with Gasteiger partial charge < -0.3 is 5.32 Å². The van der Waals surface area contributed by atoms with E-state index in [1.54, 1.807) is 0 Å². The summed E-state index contributed by atoms with van der Waals surface area (Å²) in [7, 11) is 0. The highest BCUT2D eigenvalue weighted by atomic mass is 79.9. The van der Waals surface area contributed by atoms with Crippen LogP contribution < -0.4 is 5.32 Å². The van der Waals surface area contributed by atoms with Crippen molar-refractivity contribution in [1.29, 1.82) is 0 Å². The molecule has 0 aliphatic heterocycles. The fourth-order valence-electron chi connectivity index (χ4n) is 1.62. The molecule has 1 amide bonds. The Labute approximate surface area is 114 Å². The first-order valence-electron chi connectivity index (χ1n) is 5.88. The van der Waals surface area contributed by atoms with E-state index in [9.17, 15) is 13.6 Å². The van der Waals surface area contributed by atoms with Crippen LogP contribution in [0.15, 0.2) is 18.2 Å². The van der Waals surface area contributed by atoms with E-state index in [0.717, 1.165) is 24.2 Å². The Morgan fingerprint density at radius 3 is 2.78 bits per heavy atom. The summed E-state index contributed by atoms with van der Waals surface area (Å²) in [5.41, 5.74) is -0.247. The van der Waals surface area contributed by atoms with Crippen LogP contribution >= 0.6 is 15.9 Å². The topological polar surface area (TPSA) is 29.1 Å². The average Bonchev–Trinajstić information content (AvgIpc) is 2.37. The van der Waals surface area contributed by atoms with Crippen molar-refractivity contribution in [3.05, 3.63) is 35.4 Å². The zero-order chi connectivity index (χ0) is 13.5. The number of nitrogens with one attached hydrogen (secondary N) is 1. The second-order valence-corrected chi connectivity index (χ2v) is 4.86. The molecule has 5 heteroatoms. The van der Waals surface area contributed by atoms with E-state index < -0.39 is 17.5 Å². The lowest BCUT2D eigenvalue weighted by molar-refractivity contribution is 0.0941. The zero-order valence-electron chi connectivity index (χ0n) is 10.2. The molecule has 0 saturated carbocycles. The summed E-state index contributed by atoms with van der Waals surface area (Å²) >= 11 is 3.34. The van der Waals surface area contributed by atoms with Crippen molar-refractivity contribution in [3.63, 3.8) is 0 Å². The molecule has 0 spiro atoms. The maximum Gasteiger partial charge on any atom is 0.254 e. The van der Waals surface area contributed by atoms with Crippen LogP contribution in [-0.4, -0.2) is 17.8 Å². The minimum absolute atomic E-state index is 0.247. The predicted octanol–water partition coefficient (Wildman–Crippen LogP) is 3.51. The highest BCUT2D eigenvalue weighted by Crippen LogP contribution is 2.12. The van der Waals surface area contributed by atoms with E-state index in [1.165, 1.54) is 12.1 Å². The standard InChI is InChI=1S/C13H16BrF2NO/c1-2-9(6-7-14)8-17-13(18)10-4-3-5-11(15)12(10)16/h3-5,9H,2,6-8H2,1H3,(H,17,18). The average molecular weight is 320 g/mol. The Morgan fingerprint density at radius 2 is 2.17 bits per heavy atom. The number of benzene rings is 1. The maximum atomic E-state index is 13.4.